The molecule has 0 aliphatic rings. The van der Waals surface area contributed by atoms with Crippen LogP contribution in [0.15, 0.2) is 71.5 Å². The van der Waals surface area contributed by atoms with Crippen molar-refractivity contribution in [3.8, 4) is 5.69 Å². The third-order valence-electron chi connectivity index (χ3n) is 6.71. The van der Waals surface area contributed by atoms with Crippen LogP contribution in [0.3, 0.4) is 0 Å². The van der Waals surface area contributed by atoms with Crippen LogP contribution in [0.2, 0.25) is 0 Å². The number of pyridine rings is 1. The predicted molar refractivity (Wildman–Crippen MR) is 145 cm³/mol. The van der Waals surface area contributed by atoms with Gasteiger partial charge in [0.1, 0.15) is 0 Å². The molecule has 3 nitrogen and oxygen atoms in total. The standard InChI is InChI=1S/C31H30N2O/c1-18-14-20(3)29(21(4)15-18)32-26-12-9-11-25-24-10-7-8-13-27(24)33(31(34)28(25)26)30-22(5)16-19(2)17-23(30)6/h7-17,32H,1-6H3. The Kier molecular flexibility index (Phi) is 5.28. The highest BCUT2D eigenvalue weighted by atomic mass is 16.1. The first kappa shape index (κ1) is 22.0. The molecule has 3 heteroatoms. The fourth-order valence-corrected chi connectivity index (χ4v) is 5.49. The molecule has 5 aromatic rings. The molecule has 1 aromatic heterocycles. The van der Waals surface area contributed by atoms with Gasteiger partial charge in [0.15, 0.2) is 0 Å². The molecule has 34 heavy (non-hydrogen) atoms. The number of nitrogens with one attached hydrogen (secondary N) is 1. The molecule has 0 unspecified atom stereocenters. The van der Waals surface area contributed by atoms with Gasteiger partial charge in [-0.15, -0.1) is 0 Å². The Morgan fingerprint density at radius 1 is 0.647 bits per heavy atom. The quantitative estimate of drug-likeness (QED) is 0.288. The summed E-state index contributed by atoms with van der Waals surface area (Å²) in [5, 5.41) is 6.36. The molecule has 0 saturated heterocycles. The van der Waals surface area contributed by atoms with Gasteiger partial charge < -0.3 is 5.32 Å². The van der Waals surface area contributed by atoms with Crippen LogP contribution >= 0.6 is 0 Å². The highest BCUT2D eigenvalue weighted by molar-refractivity contribution is 6.10. The zero-order chi connectivity index (χ0) is 24.1. The van der Waals surface area contributed by atoms with Gasteiger partial charge in [0.05, 0.1) is 22.3 Å². The van der Waals surface area contributed by atoms with Crippen LogP contribution in [0.5, 0.6) is 0 Å². The Balaban J connectivity index is 1.89. The van der Waals surface area contributed by atoms with Crippen molar-refractivity contribution in [2.75, 3.05) is 5.32 Å². The van der Waals surface area contributed by atoms with Crippen molar-refractivity contribution in [2.24, 2.45) is 0 Å². The summed E-state index contributed by atoms with van der Waals surface area (Å²) in [6.45, 7) is 12.6. The zero-order valence-electron chi connectivity index (χ0n) is 20.7. The average molecular weight is 447 g/mol. The molecule has 0 spiro atoms. The zero-order valence-corrected chi connectivity index (χ0v) is 20.7. The van der Waals surface area contributed by atoms with Gasteiger partial charge in [0, 0.05) is 11.1 Å². The Labute approximate surface area is 200 Å². The summed E-state index contributed by atoms with van der Waals surface area (Å²) < 4.78 is 1.90. The van der Waals surface area contributed by atoms with E-state index in [1.54, 1.807) is 0 Å². The summed E-state index contributed by atoms with van der Waals surface area (Å²) in [6.07, 6.45) is 0. The van der Waals surface area contributed by atoms with Gasteiger partial charge in [-0.2, -0.15) is 0 Å². The van der Waals surface area contributed by atoms with Gasteiger partial charge in [-0.3, -0.25) is 9.36 Å². The molecule has 4 aromatic carbocycles. The van der Waals surface area contributed by atoms with Crippen LogP contribution in [-0.4, -0.2) is 4.57 Å². The molecule has 0 bridgehead atoms. The lowest BCUT2D eigenvalue weighted by Gasteiger charge is -2.20. The summed E-state index contributed by atoms with van der Waals surface area (Å²) >= 11 is 0. The first-order valence-corrected chi connectivity index (χ1v) is 11.8. The maximum atomic E-state index is 14.3. The number of hydrogen-bond donors (Lipinski definition) is 1. The molecule has 0 atom stereocenters. The fourth-order valence-electron chi connectivity index (χ4n) is 5.49. The minimum atomic E-state index is -0.00530. The molecule has 170 valence electrons. The maximum Gasteiger partial charge on any atom is 0.265 e. The molecule has 1 heterocycles. The van der Waals surface area contributed by atoms with Crippen molar-refractivity contribution in [2.45, 2.75) is 41.5 Å². The predicted octanol–water partition coefficient (Wildman–Crippen LogP) is 7.74. The molecule has 0 fully saturated rings. The van der Waals surface area contributed by atoms with Gasteiger partial charge in [0.25, 0.3) is 5.56 Å². The number of nitrogens with zero attached hydrogens (tertiary/aromatic N) is 1. The number of para-hydroxylation sites is 1. The molecular weight excluding hydrogens is 416 g/mol. The molecular formula is C31H30N2O. The number of aromatic nitrogens is 1. The second-order valence-corrected chi connectivity index (χ2v) is 9.53. The van der Waals surface area contributed by atoms with Gasteiger partial charge in [-0.1, -0.05) is 65.7 Å². The third kappa shape index (κ3) is 3.49. The molecule has 5 rings (SSSR count). The third-order valence-corrected chi connectivity index (χ3v) is 6.71. The van der Waals surface area contributed by atoms with Crippen LogP contribution in [0.25, 0.3) is 27.4 Å². The van der Waals surface area contributed by atoms with E-state index in [4.69, 9.17) is 0 Å². The first-order chi connectivity index (χ1) is 16.3. The van der Waals surface area contributed by atoms with Crippen molar-refractivity contribution in [3.63, 3.8) is 0 Å². The number of anilines is 2. The van der Waals surface area contributed by atoms with E-state index in [9.17, 15) is 4.79 Å². The Morgan fingerprint density at radius 2 is 1.21 bits per heavy atom. The van der Waals surface area contributed by atoms with Gasteiger partial charge >= 0.3 is 0 Å². The number of aryl methyl sites for hydroxylation is 6. The highest BCUT2D eigenvalue weighted by Gasteiger charge is 2.18. The number of hydrogen-bond acceptors (Lipinski definition) is 2. The van der Waals surface area contributed by atoms with Gasteiger partial charge in [-0.25, -0.2) is 0 Å². The van der Waals surface area contributed by atoms with Crippen LogP contribution in [0.1, 0.15) is 33.4 Å². The van der Waals surface area contributed by atoms with E-state index in [-0.39, 0.29) is 5.56 Å². The lowest BCUT2D eigenvalue weighted by atomic mass is 10.0. The Morgan fingerprint density at radius 3 is 1.85 bits per heavy atom. The molecule has 1 N–H and O–H groups in total. The first-order valence-electron chi connectivity index (χ1n) is 11.8. The number of rotatable bonds is 3. The SMILES string of the molecule is Cc1cc(C)c(Nc2cccc3c2c(=O)n(-c2c(C)cc(C)cc2C)c2ccccc32)c(C)c1. The lowest BCUT2D eigenvalue weighted by Crippen LogP contribution is -2.22. The minimum absolute atomic E-state index is 0.00530. The fraction of sp³-hybridized carbons (Fsp3) is 0.194. The van der Waals surface area contributed by atoms with E-state index < -0.39 is 0 Å². The normalized spacial score (nSPS) is 11.4. The van der Waals surface area contributed by atoms with E-state index in [0.717, 1.165) is 44.5 Å². The molecule has 0 aliphatic carbocycles. The number of benzene rings is 4. The summed E-state index contributed by atoms with van der Waals surface area (Å²) in [7, 11) is 0. The van der Waals surface area contributed by atoms with Gasteiger partial charge in [-0.05, 0) is 81.3 Å². The number of fused-ring (bicyclic) bond motifs is 3. The van der Waals surface area contributed by atoms with Crippen molar-refractivity contribution in [1.82, 2.24) is 4.57 Å². The monoisotopic (exact) mass is 446 g/mol. The van der Waals surface area contributed by atoms with Crippen LogP contribution in [0, 0.1) is 41.5 Å². The summed E-state index contributed by atoms with van der Waals surface area (Å²) in [5.41, 5.74) is 10.7. The molecule has 0 radical (unpaired) electrons. The van der Waals surface area contributed by atoms with Crippen molar-refractivity contribution in [3.05, 3.63) is 110 Å². The molecule has 0 saturated carbocycles. The van der Waals surface area contributed by atoms with E-state index in [0.29, 0.717) is 5.39 Å². The van der Waals surface area contributed by atoms with E-state index >= 15 is 0 Å². The van der Waals surface area contributed by atoms with Crippen LogP contribution < -0.4 is 10.9 Å². The lowest BCUT2D eigenvalue weighted by molar-refractivity contribution is 1.02. The Bertz CT molecular complexity index is 1610. The second kappa shape index (κ2) is 8.18. The van der Waals surface area contributed by atoms with Crippen molar-refractivity contribution in [1.29, 1.82) is 0 Å². The van der Waals surface area contributed by atoms with Crippen LogP contribution in [0.4, 0.5) is 11.4 Å². The minimum Gasteiger partial charge on any atom is -0.354 e. The average Bonchev–Trinajstić information content (AvgIpc) is 2.77. The largest absolute Gasteiger partial charge is 0.354 e. The van der Waals surface area contributed by atoms with Crippen molar-refractivity contribution < 1.29 is 0 Å². The van der Waals surface area contributed by atoms with E-state index in [1.807, 2.05) is 34.9 Å². The van der Waals surface area contributed by atoms with Crippen LogP contribution in [-0.2, 0) is 0 Å². The van der Waals surface area contributed by atoms with Crippen molar-refractivity contribution >= 4 is 33.1 Å². The smallest absolute Gasteiger partial charge is 0.265 e. The van der Waals surface area contributed by atoms with E-state index in [2.05, 4.69) is 83.3 Å². The Hall–Kier alpha value is -3.85. The highest BCUT2D eigenvalue weighted by Crippen LogP contribution is 2.34. The molecule has 0 aliphatic heterocycles. The summed E-state index contributed by atoms with van der Waals surface area (Å²) in [4.78, 5) is 14.3. The van der Waals surface area contributed by atoms with E-state index in [1.165, 1.54) is 22.3 Å². The summed E-state index contributed by atoms with van der Waals surface area (Å²) in [6, 6.07) is 22.9. The second-order valence-electron chi connectivity index (χ2n) is 9.53. The van der Waals surface area contributed by atoms with Gasteiger partial charge in [0.2, 0.25) is 0 Å². The topological polar surface area (TPSA) is 34.0 Å². The maximum absolute atomic E-state index is 14.3. The summed E-state index contributed by atoms with van der Waals surface area (Å²) in [5.74, 6) is 0. The molecule has 0 amide bonds.